The second-order valence-electron chi connectivity index (χ2n) is 11.4. The molecule has 2 aromatic heterocycles. The molecule has 0 amide bonds. The van der Waals surface area contributed by atoms with Gasteiger partial charge in [0, 0.05) is 32.3 Å². The van der Waals surface area contributed by atoms with Crippen molar-refractivity contribution in [2.24, 2.45) is 0 Å². The molecule has 0 spiro atoms. The average molecular weight is 844 g/mol. The summed E-state index contributed by atoms with van der Waals surface area (Å²) in [6.07, 6.45) is 5.54. The summed E-state index contributed by atoms with van der Waals surface area (Å²) in [5, 5.41) is 23.3. The van der Waals surface area contributed by atoms with E-state index < -0.39 is 42.3 Å². The first kappa shape index (κ1) is 20.4. The molecule has 0 radical (unpaired) electrons. The van der Waals surface area contributed by atoms with E-state index in [1.807, 2.05) is 0 Å². The zero-order valence-corrected chi connectivity index (χ0v) is 29.8. The topological polar surface area (TPSA) is 76.6 Å². The van der Waals surface area contributed by atoms with E-state index >= 15 is 0 Å². The normalized spacial score (nSPS) is 19.8. The van der Waals surface area contributed by atoms with E-state index in [-0.39, 0.29) is 76.4 Å². The average Bonchev–Trinajstić information content (AvgIpc) is 3.67. The summed E-state index contributed by atoms with van der Waals surface area (Å²) in [5.41, 5.74) is 2.31. The van der Waals surface area contributed by atoms with Crippen LogP contribution in [-0.4, -0.2) is 23.3 Å². The van der Waals surface area contributed by atoms with Gasteiger partial charge in [0.2, 0.25) is 0 Å². The molecule has 0 saturated carbocycles. The van der Waals surface area contributed by atoms with Crippen molar-refractivity contribution >= 4 is 24.0 Å². The van der Waals surface area contributed by atoms with E-state index in [0.29, 0.717) is 21.7 Å². The van der Waals surface area contributed by atoms with Gasteiger partial charge in [-0.05, 0) is 49.5 Å². The Morgan fingerprint density at radius 2 is 1.77 bits per heavy atom. The van der Waals surface area contributed by atoms with Gasteiger partial charge in [0.1, 0.15) is 13.1 Å². The van der Waals surface area contributed by atoms with Crippen LogP contribution in [0.5, 0.6) is 0 Å². The van der Waals surface area contributed by atoms with Crippen molar-refractivity contribution in [3.63, 3.8) is 0 Å². The fraction of sp³-hybridized carbons (Fsp3) is 0.231. The SMILES string of the molecule is [2H]C([2H])([2H])C1=C[N-]C(c2[c-]cc(C([2H])([2H])[2H])cc2)C=C1.[2H]C([2H])([2H])c1c[c-]c(-c2cc(C([2H])([2H])[2H])c(C([2H])([2H])[2H])cn2)cc1-c1ccc(-c2nnc([Si](C)(C)C)s2)c(C#N)c1.[Ir+3]. The second kappa shape index (κ2) is 15.3. The van der Waals surface area contributed by atoms with Crippen LogP contribution in [0.15, 0.2) is 84.7 Å². The summed E-state index contributed by atoms with van der Waals surface area (Å²) in [7, 11) is -1.71. The largest absolute Gasteiger partial charge is 3.00 e. The van der Waals surface area contributed by atoms with E-state index in [1.54, 1.807) is 30.3 Å². The maximum Gasteiger partial charge on any atom is 3.00 e. The molecule has 0 bridgehead atoms. The van der Waals surface area contributed by atoms with Crippen LogP contribution < -0.4 is 4.63 Å². The van der Waals surface area contributed by atoms with Gasteiger partial charge in [-0.15, -0.1) is 50.9 Å². The molecule has 47 heavy (non-hydrogen) atoms. The van der Waals surface area contributed by atoms with Crippen molar-refractivity contribution in [3.05, 3.63) is 136 Å². The number of aromatic nitrogens is 3. The maximum absolute atomic E-state index is 9.97. The van der Waals surface area contributed by atoms with Crippen molar-refractivity contribution in [2.45, 2.75) is 59.9 Å². The summed E-state index contributed by atoms with van der Waals surface area (Å²) < 4.78 is 116. The molecule has 3 aromatic carbocycles. The third-order valence-electron chi connectivity index (χ3n) is 6.87. The van der Waals surface area contributed by atoms with Crippen LogP contribution >= 0.6 is 11.3 Å². The first-order chi connectivity index (χ1) is 28.0. The quantitative estimate of drug-likeness (QED) is 0.131. The number of aryl methyl sites for hydroxylation is 4. The van der Waals surface area contributed by atoms with Crippen molar-refractivity contribution in [3.8, 4) is 39.0 Å². The van der Waals surface area contributed by atoms with Crippen LogP contribution in [0.2, 0.25) is 19.6 Å². The molecule has 5 nitrogen and oxygen atoms in total. The number of rotatable bonds is 5. The molecular weight excluding hydrogens is 791 g/mol. The van der Waals surface area contributed by atoms with Crippen LogP contribution in [0.1, 0.15) is 66.8 Å². The number of benzene rings is 3. The van der Waals surface area contributed by atoms with E-state index in [4.69, 9.17) is 20.6 Å². The predicted octanol–water partition coefficient (Wildman–Crippen LogP) is 9.76. The van der Waals surface area contributed by atoms with Gasteiger partial charge in [0.05, 0.1) is 16.3 Å². The molecule has 1 unspecified atom stereocenters. The summed E-state index contributed by atoms with van der Waals surface area (Å²) in [6, 6.07) is 21.1. The fourth-order valence-electron chi connectivity index (χ4n) is 4.36. The third kappa shape index (κ3) is 8.68. The van der Waals surface area contributed by atoms with Gasteiger partial charge in [-0.3, -0.25) is 0 Å². The van der Waals surface area contributed by atoms with Gasteiger partial charge in [0.15, 0.2) is 0 Å². The van der Waals surface area contributed by atoms with Gasteiger partial charge in [-0.1, -0.05) is 80.4 Å². The second-order valence-corrected chi connectivity index (χ2v) is 17.7. The van der Waals surface area contributed by atoms with Crippen LogP contribution in [0.25, 0.3) is 38.3 Å². The number of hydrogen-bond acceptors (Lipinski definition) is 5. The molecule has 0 fully saturated rings. The van der Waals surface area contributed by atoms with E-state index in [2.05, 4.69) is 58.3 Å². The number of hydrogen-bond donors (Lipinski definition) is 0. The van der Waals surface area contributed by atoms with Gasteiger partial charge >= 0.3 is 20.1 Å². The Balaban J connectivity index is 0.000000337. The zero-order valence-electron chi connectivity index (χ0n) is 40.6. The van der Waals surface area contributed by atoms with Crippen LogP contribution in [-0.2, 0) is 20.1 Å². The third-order valence-corrected chi connectivity index (χ3v) is 11.2. The molecular formula is C39H38IrN5SSi. The predicted molar refractivity (Wildman–Crippen MR) is 194 cm³/mol. The van der Waals surface area contributed by atoms with Crippen LogP contribution in [0.3, 0.4) is 0 Å². The molecule has 5 aromatic rings. The first-order valence-electron chi connectivity index (χ1n) is 21.6. The molecule has 3 heterocycles. The van der Waals surface area contributed by atoms with Gasteiger partial charge in [-0.25, -0.2) is 0 Å². The molecule has 0 aliphatic carbocycles. The van der Waals surface area contributed by atoms with E-state index in [9.17, 15) is 5.26 Å². The Kier molecular flexibility index (Phi) is 6.63. The molecule has 238 valence electrons. The minimum atomic E-state index is -2.72. The molecule has 0 saturated heterocycles. The number of nitrogens with zero attached hydrogens (tertiary/aromatic N) is 5. The zero-order chi connectivity index (χ0) is 45.5. The minimum Gasteiger partial charge on any atom is -0.683 e. The smallest absolute Gasteiger partial charge is 0.683 e. The Morgan fingerprint density at radius 1 is 0.915 bits per heavy atom. The number of allylic oxidation sites excluding steroid dienone is 2. The van der Waals surface area contributed by atoms with E-state index in [1.165, 1.54) is 53.9 Å². The van der Waals surface area contributed by atoms with Crippen molar-refractivity contribution in [2.75, 3.05) is 0 Å². The Bertz CT molecular complexity index is 2510. The Labute approximate surface area is 319 Å². The Morgan fingerprint density at radius 3 is 2.40 bits per heavy atom. The Hall–Kier alpha value is -3.99. The van der Waals surface area contributed by atoms with Gasteiger partial charge in [0.25, 0.3) is 0 Å². The van der Waals surface area contributed by atoms with Gasteiger partial charge in [-0.2, -0.15) is 46.9 Å². The monoisotopic (exact) mass is 844 g/mol. The molecule has 6 rings (SSSR count). The maximum atomic E-state index is 9.97. The molecule has 1 aliphatic rings. The molecule has 8 heteroatoms. The summed E-state index contributed by atoms with van der Waals surface area (Å²) in [5.74, 6) is 0. The van der Waals surface area contributed by atoms with Gasteiger partial charge < -0.3 is 10.3 Å². The minimum absolute atomic E-state index is 0. The number of pyridine rings is 1. The number of nitriles is 1. The molecule has 1 aliphatic heterocycles. The van der Waals surface area contributed by atoms with Crippen LogP contribution in [0, 0.1) is 50.9 Å². The molecule has 1 atom stereocenters. The van der Waals surface area contributed by atoms with Crippen LogP contribution in [0.4, 0.5) is 0 Å². The molecule has 0 N–H and O–H groups in total. The standard InChI is InChI=1S/C26H25N4SSi.C13H13N.Ir/c1-16-7-8-20(24-11-17(2)18(3)15-28-24)13-23(16)19-9-10-22(21(12-19)14-27)25-29-30-26(31-25)32(4,5)6;1-10-3-6-12(7-4-10)13-8-5-11(2)9-14-13;/h7,9-13,15H,1-6H3;3-6,8-9,13H,1-2H3;/q-1;-2;+3/i1D3,2D3,3D3;1D3,2D3;. The summed E-state index contributed by atoms with van der Waals surface area (Å²) in [6.45, 7) is -5.80. The van der Waals surface area contributed by atoms with Crippen molar-refractivity contribution in [1.29, 1.82) is 5.26 Å². The van der Waals surface area contributed by atoms with Crippen molar-refractivity contribution < 1.29 is 40.7 Å². The summed E-state index contributed by atoms with van der Waals surface area (Å²) in [4.78, 5) is 4.18. The first-order valence-corrected chi connectivity index (χ1v) is 18.4. The van der Waals surface area contributed by atoms with E-state index in [0.717, 1.165) is 10.8 Å². The fourth-order valence-corrected chi connectivity index (χ4v) is 6.86. The summed E-state index contributed by atoms with van der Waals surface area (Å²) >= 11 is 1.44. The van der Waals surface area contributed by atoms with Crippen molar-refractivity contribution in [1.82, 2.24) is 15.2 Å².